The lowest BCUT2D eigenvalue weighted by Gasteiger charge is -2.25. The van der Waals surface area contributed by atoms with Crippen molar-refractivity contribution in [3.05, 3.63) is 23.5 Å². The molecule has 0 saturated heterocycles. The van der Waals surface area contributed by atoms with Crippen molar-refractivity contribution in [2.24, 2.45) is 0 Å². The molecule has 0 heterocycles. The Morgan fingerprint density at radius 2 is 2.19 bits per heavy atom. The average Bonchev–Trinajstić information content (AvgIpc) is 3.04. The maximum atomic E-state index is 13.3. The first kappa shape index (κ1) is 11.2. The average molecular weight is 224 g/mol. The van der Waals surface area contributed by atoms with Gasteiger partial charge in [0.1, 0.15) is 5.82 Å². The minimum atomic E-state index is -0.277. The smallest absolute Gasteiger partial charge is 0.128 e. The van der Waals surface area contributed by atoms with Gasteiger partial charge in [-0.25, -0.2) is 4.39 Å². The first-order valence-electron chi connectivity index (χ1n) is 5.56. The van der Waals surface area contributed by atoms with E-state index in [2.05, 4.69) is 4.90 Å². The van der Waals surface area contributed by atoms with Crippen LogP contribution in [-0.4, -0.2) is 24.3 Å². The summed E-state index contributed by atoms with van der Waals surface area (Å²) in [5.41, 5.74) is 7.70. The Balaban J connectivity index is 2.32. The lowest BCUT2D eigenvalue weighted by Crippen LogP contribution is -2.29. The lowest BCUT2D eigenvalue weighted by molar-refractivity contribution is 0.301. The highest BCUT2D eigenvalue weighted by Gasteiger charge is 2.30. The fraction of sp³-hybridized carbons (Fsp3) is 0.500. The van der Waals surface area contributed by atoms with Crippen molar-refractivity contribution in [1.82, 2.24) is 0 Å². The Hall–Kier alpha value is -1.29. The Morgan fingerprint density at radius 1 is 1.50 bits per heavy atom. The molecule has 2 rings (SSSR count). The van der Waals surface area contributed by atoms with E-state index in [1.807, 2.05) is 0 Å². The van der Waals surface area contributed by atoms with Gasteiger partial charge in [-0.05, 0) is 37.5 Å². The molecule has 3 N–H and O–H groups in total. The first-order chi connectivity index (χ1) is 7.63. The Kier molecular flexibility index (Phi) is 3.01. The molecule has 1 saturated carbocycles. The summed E-state index contributed by atoms with van der Waals surface area (Å²) in [4.78, 5) is 2.07. The van der Waals surface area contributed by atoms with Crippen molar-refractivity contribution in [1.29, 1.82) is 0 Å². The van der Waals surface area contributed by atoms with Crippen LogP contribution in [0.4, 0.5) is 15.8 Å². The van der Waals surface area contributed by atoms with Gasteiger partial charge in [-0.2, -0.15) is 0 Å². The summed E-state index contributed by atoms with van der Waals surface area (Å²) >= 11 is 0. The van der Waals surface area contributed by atoms with E-state index in [4.69, 9.17) is 10.8 Å². The number of benzene rings is 1. The summed E-state index contributed by atoms with van der Waals surface area (Å²) in [5.74, 6) is -0.277. The number of aryl methyl sites for hydroxylation is 1. The van der Waals surface area contributed by atoms with Crippen molar-refractivity contribution >= 4 is 11.4 Å². The Labute approximate surface area is 94.7 Å². The van der Waals surface area contributed by atoms with Gasteiger partial charge in [0.15, 0.2) is 0 Å². The minimum absolute atomic E-state index is 0.0896. The molecule has 1 aliphatic rings. The predicted molar refractivity (Wildman–Crippen MR) is 63.0 cm³/mol. The zero-order valence-electron chi connectivity index (χ0n) is 9.41. The van der Waals surface area contributed by atoms with Gasteiger partial charge in [0.05, 0.1) is 18.0 Å². The standard InChI is InChI=1S/C12H17FN2O/c1-8-6-12(11(14)7-10(8)13)15(4-5-16)9-2-3-9/h6-7,9,16H,2-5,14H2,1H3. The number of anilines is 2. The third kappa shape index (κ3) is 2.11. The molecule has 0 bridgehead atoms. The monoisotopic (exact) mass is 224 g/mol. The fourth-order valence-electron chi connectivity index (χ4n) is 1.92. The zero-order valence-corrected chi connectivity index (χ0v) is 9.41. The third-order valence-electron chi connectivity index (χ3n) is 2.95. The molecule has 0 amide bonds. The molecule has 0 unspecified atom stereocenters. The molecule has 88 valence electrons. The number of nitrogen functional groups attached to an aromatic ring is 1. The first-order valence-corrected chi connectivity index (χ1v) is 5.56. The van der Waals surface area contributed by atoms with Gasteiger partial charge in [-0.1, -0.05) is 0 Å². The maximum Gasteiger partial charge on any atom is 0.128 e. The van der Waals surface area contributed by atoms with Crippen LogP contribution in [0.25, 0.3) is 0 Å². The Bertz CT molecular complexity index is 391. The van der Waals surface area contributed by atoms with E-state index in [0.29, 0.717) is 23.8 Å². The highest BCUT2D eigenvalue weighted by molar-refractivity contribution is 5.69. The van der Waals surface area contributed by atoms with E-state index in [9.17, 15) is 4.39 Å². The number of hydrogen-bond acceptors (Lipinski definition) is 3. The predicted octanol–water partition coefficient (Wildman–Crippen LogP) is 1.68. The molecular formula is C12H17FN2O. The largest absolute Gasteiger partial charge is 0.397 e. The van der Waals surface area contributed by atoms with Crippen LogP contribution >= 0.6 is 0 Å². The number of hydrogen-bond donors (Lipinski definition) is 2. The van der Waals surface area contributed by atoms with Gasteiger partial charge < -0.3 is 15.7 Å². The van der Waals surface area contributed by atoms with Gasteiger partial charge in [0, 0.05) is 12.6 Å². The van der Waals surface area contributed by atoms with Crippen molar-refractivity contribution in [3.63, 3.8) is 0 Å². The molecule has 0 radical (unpaired) electrons. The van der Waals surface area contributed by atoms with Gasteiger partial charge in [0.25, 0.3) is 0 Å². The van der Waals surface area contributed by atoms with E-state index >= 15 is 0 Å². The molecule has 3 nitrogen and oxygen atoms in total. The van der Waals surface area contributed by atoms with Crippen LogP contribution in [0, 0.1) is 12.7 Å². The molecule has 0 spiro atoms. The second-order valence-corrected chi connectivity index (χ2v) is 4.31. The molecule has 0 aliphatic heterocycles. The quantitative estimate of drug-likeness (QED) is 0.765. The van der Waals surface area contributed by atoms with Crippen LogP contribution in [0.5, 0.6) is 0 Å². The number of aliphatic hydroxyl groups is 1. The zero-order chi connectivity index (χ0) is 11.7. The molecule has 1 aromatic carbocycles. The second-order valence-electron chi connectivity index (χ2n) is 4.31. The topological polar surface area (TPSA) is 49.5 Å². The molecule has 0 atom stereocenters. The van der Waals surface area contributed by atoms with Crippen molar-refractivity contribution in [2.45, 2.75) is 25.8 Å². The van der Waals surface area contributed by atoms with E-state index < -0.39 is 0 Å². The van der Waals surface area contributed by atoms with E-state index in [0.717, 1.165) is 18.5 Å². The molecular weight excluding hydrogens is 207 g/mol. The summed E-state index contributed by atoms with van der Waals surface area (Å²) in [7, 11) is 0. The summed E-state index contributed by atoms with van der Waals surface area (Å²) in [6, 6.07) is 3.58. The Morgan fingerprint density at radius 3 is 2.75 bits per heavy atom. The van der Waals surface area contributed by atoms with E-state index in [-0.39, 0.29) is 12.4 Å². The summed E-state index contributed by atoms with van der Waals surface area (Å²) in [6.07, 6.45) is 2.24. The molecule has 1 fully saturated rings. The molecule has 4 heteroatoms. The van der Waals surface area contributed by atoms with Gasteiger partial charge >= 0.3 is 0 Å². The fourth-order valence-corrected chi connectivity index (χ4v) is 1.92. The number of nitrogens with two attached hydrogens (primary N) is 1. The summed E-state index contributed by atoms with van der Waals surface area (Å²) in [6.45, 7) is 2.37. The second kappa shape index (κ2) is 4.29. The SMILES string of the molecule is Cc1cc(N(CCO)C2CC2)c(N)cc1F. The van der Waals surface area contributed by atoms with Crippen LogP contribution in [0.15, 0.2) is 12.1 Å². The maximum absolute atomic E-state index is 13.3. The van der Waals surface area contributed by atoms with Gasteiger partial charge in [-0.3, -0.25) is 0 Å². The van der Waals surface area contributed by atoms with Crippen LogP contribution in [0.1, 0.15) is 18.4 Å². The molecule has 0 aromatic heterocycles. The van der Waals surface area contributed by atoms with E-state index in [1.54, 1.807) is 13.0 Å². The third-order valence-corrected chi connectivity index (χ3v) is 2.95. The van der Waals surface area contributed by atoms with Crippen LogP contribution in [0.2, 0.25) is 0 Å². The van der Waals surface area contributed by atoms with Crippen LogP contribution in [-0.2, 0) is 0 Å². The summed E-state index contributed by atoms with van der Waals surface area (Å²) in [5, 5.41) is 9.03. The van der Waals surface area contributed by atoms with E-state index in [1.165, 1.54) is 6.07 Å². The van der Waals surface area contributed by atoms with Crippen molar-refractivity contribution < 1.29 is 9.50 Å². The van der Waals surface area contributed by atoms with Crippen LogP contribution < -0.4 is 10.6 Å². The molecule has 1 aromatic rings. The van der Waals surface area contributed by atoms with Crippen molar-refractivity contribution in [3.8, 4) is 0 Å². The van der Waals surface area contributed by atoms with Gasteiger partial charge in [-0.15, -0.1) is 0 Å². The highest BCUT2D eigenvalue weighted by atomic mass is 19.1. The van der Waals surface area contributed by atoms with Crippen LogP contribution in [0.3, 0.4) is 0 Å². The normalized spacial score (nSPS) is 15.2. The molecule has 1 aliphatic carbocycles. The number of nitrogens with zero attached hydrogens (tertiary/aromatic N) is 1. The minimum Gasteiger partial charge on any atom is -0.397 e. The highest BCUT2D eigenvalue weighted by Crippen LogP contribution is 2.35. The lowest BCUT2D eigenvalue weighted by atomic mass is 10.1. The number of halogens is 1. The van der Waals surface area contributed by atoms with Crippen molar-refractivity contribution in [2.75, 3.05) is 23.8 Å². The number of rotatable bonds is 4. The van der Waals surface area contributed by atoms with Gasteiger partial charge in [0.2, 0.25) is 0 Å². The summed E-state index contributed by atoms with van der Waals surface area (Å²) < 4.78 is 13.3. The molecule has 16 heavy (non-hydrogen) atoms. The number of aliphatic hydroxyl groups excluding tert-OH is 1.